The van der Waals surface area contributed by atoms with Gasteiger partial charge in [-0.05, 0) is 25.2 Å². The van der Waals surface area contributed by atoms with E-state index < -0.39 is 0 Å². The summed E-state index contributed by atoms with van der Waals surface area (Å²) in [5, 5.41) is 8.89. The van der Waals surface area contributed by atoms with Crippen LogP contribution in [0.4, 0.5) is 5.69 Å². The molecule has 1 aromatic carbocycles. The highest BCUT2D eigenvalue weighted by molar-refractivity contribution is 7.99. The van der Waals surface area contributed by atoms with Gasteiger partial charge in [0.1, 0.15) is 6.07 Å². The second-order valence-electron chi connectivity index (χ2n) is 3.70. The van der Waals surface area contributed by atoms with Crippen LogP contribution >= 0.6 is 11.8 Å². The molecule has 0 bridgehead atoms. The van der Waals surface area contributed by atoms with E-state index in [-0.39, 0.29) is 0 Å². The number of benzene rings is 1. The summed E-state index contributed by atoms with van der Waals surface area (Å²) in [6, 6.07) is 7.72. The van der Waals surface area contributed by atoms with Crippen molar-refractivity contribution in [1.29, 1.82) is 5.26 Å². The average Bonchev–Trinajstić information content (AvgIpc) is 2.36. The molecule has 1 rings (SSSR count). The maximum Gasteiger partial charge on any atom is 0.101 e. The Labute approximate surface area is 108 Å². The van der Waals surface area contributed by atoms with Gasteiger partial charge in [0.2, 0.25) is 0 Å². The fourth-order valence-electron chi connectivity index (χ4n) is 1.59. The molecule has 0 unspecified atom stereocenters. The van der Waals surface area contributed by atoms with Crippen molar-refractivity contribution in [2.45, 2.75) is 18.7 Å². The summed E-state index contributed by atoms with van der Waals surface area (Å²) in [4.78, 5) is 3.38. The molecule has 4 heteroatoms. The summed E-state index contributed by atoms with van der Waals surface area (Å²) in [7, 11) is 0. The highest BCUT2D eigenvalue weighted by atomic mass is 32.2. The standard InChI is InChI=1S/C13H19N3S/c1-3-16(4-2)8-9-17-12-7-5-6-11(10-14)13(12)15/h5-7H,3-4,8-9,15H2,1-2H3. The maximum absolute atomic E-state index is 8.89. The van der Waals surface area contributed by atoms with Crippen molar-refractivity contribution in [1.82, 2.24) is 4.90 Å². The van der Waals surface area contributed by atoms with E-state index in [0.717, 1.165) is 30.3 Å². The monoisotopic (exact) mass is 249 g/mol. The molecule has 92 valence electrons. The van der Waals surface area contributed by atoms with E-state index in [1.807, 2.05) is 12.1 Å². The summed E-state index contributed by atoms with van der Waals surface area (Å²) in [6.07, 6.45) is 0. The smallest absolute Gasteiger partial charge is 0.101 e. The fourth-order valence-corrected chi connectivity index (χ4v) is 2.60. The van der Waals surface area contributed by atoms with Crippen LogP contribution in [0.3, 0.4) is 0 Å². The minimum atomic E-state index is 0.567. The van der Waals surface area contributed by atoms with Crippen molar-refractivity contribution < 1.29 is 0 Å². The molecule has 0 saturated heterocycles. The molecule has 0 aliphatic heterocycles. The number of hydrogen-bond acceptors (Lipinski definition) is 4. The van der Waals surface area contributed by atoms with Gasteiger partial charge in [-0.1, -0.05) is 19.9 Å². The van der Waals surface area contributed by atoms with Crippen LogP contribution < -0.4 is 5.73 Å². The van der Waals surface area contributed by atoms with Crippen molar-refractivity contribution in [3.05, 3.63) is 23.8 Å². The van der Waals surface area contributed by atoms with E-state index in [1.54, 1.807) is 17.8 Å². The van der Waals surface area contributed by atoms with Gasteiger partial charge in [0.05, 0.1) is 11.3 Å². The summed E-state index contributed by atoms with van der Waals surface area (Å²) < 4.78 is 0. The largest absolute Gasteiger partial charge is 0.397 e. The van der Waals surface area contributed by atoms with E-state index in [9.17, 15) is 0 Å². The van der Waals surface area contributed by atoms with E-state index >= 15 is 0 Å². The number of nitrogens with zero attached hydrogens (tertiary/aromatic N) is 2. The molecule has 0 atom stereocenters. The molecule has 0 amide bonds. The van der Waals surface area contributed by atoms with Gasteiger partial charge in [0.15, 0.2) is 0 Å². The first-order valence-electron chi connectivity index (χ1n) is 5.86. The van der Waals surface area contributed by atoms with Crippen molar-refractivity contribution in [2.24, 2.45) is 0 Å². The minimum Gasteiger partial charge on any atom is -0.397 e. The molecule has 1 aromatic rings. The SMILES string of the molecule is CCN(CC)CCSc1cccc(C#N)c1N. The Hall–Kier alpha value is -1.18. The lowest BCUT2D eigenvalue weighted by molar-refractivity contribution is 0.324. The number of para-hydroxylation sites is 1. The zero-order valence-electron chi connectivity index (χ0n) is 10.4. The van der Waals surface area contributed by atoms with Gasteiger partial charge < -0.3 is 10.6 Å². The predicted molar refractivity (Wildman–Crippen MR) is 74.1 cm³/mol. The quantitative estimate of drug-likeness (QED) is 0.622. The van der Waals surface area contributed by atoms with Gasteiger partial charge in [-0.25, -0.2) is 0 Å². The van der Waals surface area contributed by atoms with Crippen molar-refractivity contribution >= 4 is 17.4 Å². The molecule has 0 aliphatic rings. The molecule has 17 heavy (non-hydrogen) atoms. The van der Waals surface area contributed by atoms with Crippen LogP contribution in [0.2, 0.25) is 0 Å². The maximum atomic E-state index is 8.89. The molecular weight excluding hydrogens is 230 g/mol. The molecule has 0 saturated carbocycles. The molecule has 2 N–H and O–H groups in total. The summed E-state index contributed by atoms with van der Waals surface area (Å²) in [5.74, 6) is 1.00. The van der Waals surface area contributed by atoms with E-state index in [4.69, 9.17) is 11.0 Å². The first-order chi connectivity index (χ1) is 8.22. The van der Waals surface area contributed by atoms with Gasteiger partial charge in [0.25, 0.3) is 0 Å². The summed E-state index contributed by atoms with van der Waals surface area (Å²) >= 11 is 1.72. The number of nitrogen functional groups attached to an aromatic ring is 1. The first-order valence-corrected chi connectivity index (χ1v) is 6.85. The normalized spacial score (nSPS) is 10.5. The summed E-state index contributed by atoms with van der Waals surface area (Å²) in [5.41, 5.74) is 7.10. The molecule has 0 fully saturated rings. The highest BCUT2D eigenvalue weighted by Crippen LogP contribution is 2.27. The van der Waals surface area contributed by atoms with Gasteiger partial charge >= 0.3 is 0 Å². The first kappa shape index (κ1) is 13.9. The van der Waals surface area contributed by atoms with Crippen LogP contribution in [0.25, 0.3) is 0 Å². The van der Waals surface area contributed by atoms with E-state index in [2.05, 4.69) is 24.8 Å². The Kier molecular flexibility index (Phi) is 5.88. The predicted octanol–water partition coefficient (Wildman–Crippen LogP) is 2.57. The third-order valence-electron chi connectivity index (χ3n) is 2.75. The Morgan fingerprint density at radius 2 is 2.06 bits per heavy atom. The topological polar surface area (TPSA) is 53.0 Å². The average molecular weight is 249 g/mol. The van der Waals surface area contributed by atoms with Crippen molar-refractivity contribution in [3.63, 3.8) is 0 Å². The summed E-state index contributed by atoms with van der Waals surface area (Å²) in [6.45, 7) is 7.53. The van der Waals surface area contributed by atoms with Crippen LogP contribution in [0.5, 0.6) is 0 Å². The third kappa shape index (κ3) is 3.95. The Morgan fingerprint density at radius 3 is 2.65 bits per heavy atom. The number of thioether (sulfide) groups is 1. The molecular formula is C13H19N3S. The highest BCUT2D eigenvalue weighted by Gasteiger charge is 2.05. The molecule has 0 aromatic heterocycles. The molecule has 0 aliphatic carbocycles. The number of nitriles is 1. The van der Waals surface area contributed by atoms with Crippen LogP contribution in [0.15, 0.2) is 23.1 Å². The lowest BCUT2D eigenvalue weighted by Gasteiger charge is -2.17. The van der Waals surface area contributed by atoms with Gasteiger partial charge in [-0.15, -0.1) is 11.8 Å². The van der Waals surface area contributed by atoms with Crippen LogP contribution in [0, 0.1) is 11.3 Å². The molecule has 0 spiro atoms. The lowest BCUT2D eigenvalue weighted by Crippen LogP contribution is -2.25. The Balaban J connectivity index is 2.55. The number of rotatable bonds is 6. The van der Waals surface area contributed by atoms with Gasteiger partial charge in [-0.2, -0.15) is 5.26 Å². The third-order valence-corrected chi connectivity index (χ3v) is 3.80. The zero-order chi connectivity index (χ0) is 12.7. The van der Waals surface area contributed by atoms with E-state index in [0.29, 0.717) is 11.3 Å². The van der Waals surface area contributed by atoms with Crippen molar-refractivity contribution in [3.8, 4) is 6.07 Å². The lowest BCUT2D eigenvalue weighted by atomic mass is 10.2. The number of hydrogen-bond donors (Lipinski definition) is 1. The van der Waals surface area contributed by atoms with Gasteiger partial charge in [-0.3, -0.25) is 0 Å². The number of anilines is 1. The fraction of sp³-hybridized carbons (Fsp3) is 0.462. The van der Waals surface area contributed by atoms with Crippen LogP contribution in [-0.2, 0) is 0 Å². The van der Waals surface area contributed by atoms with Gasteiger partial charge in [0, 0.05) is 17.2 Å². The Bertz CT molecular complexity index is 394. The second-order valence-corrected chi connectivity index (χ2v) is 4.84. The van der Waals surface area contributed by atoms with Crippen LogP contribution in [0.1, 0.15) is 19.4 Å². The minimum absolute atomic E-state index is 0.567. The van der Waals surface area contributed by atoms with Crippen molar-refractivity contribution in [2.75, 3.05) is 31.1 Å². The molecule has 0 radical (unpaired) electrons. The van der Waals surface area contributed by atoms with E-state index in [1.165, 1.54) is 0 Å². The number of nitrogens with two attached hydrogens (primary N) is 1. The van der Waals surface area contributed by atoms with Crippen LogP contribution in [-0.4, -0.2) is 30.3 Å². The molecule has 0 heterocycles. The second kappa shape index (κ2) is 7.21. The zero-order valence-corrected chi connectivity index (χ0v) is 11.3. The Morgan fingerprint density at radius 1 is 1.35 bits per heavy atom. The molecule has 3 nitrogen and oxygen atoms in total.